The maximum atomic E-state index is 12.7. The smallest absolute Gasteiger partial charge is 0.203 e. The fourth-order valence-corrected chi connectivity index (χ4v) is 3.03. The van der Waals surface area contributed by atoms with Gasteiger partial charge in [-0.3, -0.25) is 9.78 Å². The summed E-state index contributed by atoms with van der Waals surface area (Å²) in [5.41, 5.74) is 0.950. The Kier molecular flexibility index (Phi) is 10.3. The number of aliphatic hydroxyl groups excluding tert-OH is 1. The zero-order valence-corrected chi connectivity index (χ0v) is 19.1. The van der Waals surface area contributed by atoms with E-state index in [9.17, 15) is 4.79 Å². The fourth-order valence-electron chi connectivity index (χ4n) is 3.03. The van der Waals surface area contributed by atoms with Crippen molar-refractivity contribution >= 4 is 11.9 Å². The molecule has 2 rings (SSSR count). The van der Waals surface area contributed by atoms with Crippen molar-refractivity contribution in [3.63, 3.8) is 0 Å². The van der Waals surface area contributed by atoms with Gasteiger partial charge in [-0.15, -0.1) is 0 Å². The van der Waals surface area contributed by atoms with Crippen molar-refractivity contribution in [1.29, 1.82) is 0 Å². The van der Waals surface area contributed by atoms with Crippen molar-refractivity contribution in [3.05, 3.63) is 41.7 Å². The SMILES string of the molecule is COc1cnc(C=CC(=O)c2cc(OC)c(OC)c(OC)c2)cc1OCCCCCCO. The van der Waals surface area contributed by atoms with E-state index in [1.54, 1.807) is 37.6 Å². The molecular formula is C24H31NO7. The minimum atomic E-state index is -0.242. The van der Waals surface area contributed by atoms with Gasteiger partial charge in [0.2, 0.25) is 5.75 Å². The van der Waals surface area contributed by atoms with Crippen LogP contribution in [0.1, 0.15) is 41.7 Å². The molecule has 174 valence electrons. The third-order valence-corrected chi connectivity index (χ3v) is 4.74. The number of carbonyl (C=O) groups is 1. The molecular weight excluding hydrogens is 414 g/mol. The standard InChI is InChI=1S/C24H31NO7/c1-28-21-13-17(14-22(29-2)24(21)31-4)19(27)10-9-18-15-20(23(30-3)16-25-18)32-12-8-6-5-7-11-26/h9-10,13-16,26H,5-8,11-12H2,1-4H3. The van der Waals surface area contributed by atoms with Crippen LogP contribution in [0.5, 0.6) is 28.7 Å². The first-order valence-electron chi connectivity index (χ1n) is 10.4. The summed E-state index contributed by atoms with van der Waals surface area (Å²) in [7, 11) is 6.05. The van der Waals surface area contributed by atoms with Crippen molar-refractivity contribution in [2.45, 2.75) is 25.7 Å². The van der Waals surface area contributed by atoms with Crippen LogP contribution in [0.3, 0.4) is 0 Å². The van der Waals surface area contributed by atoms with E-state index in [0.29, 0.717) is 46.6 Å². The Balaban J connectivity index is 2.13. The Labute approximate surface area is 188 Å². The number of pyridine rings is 1. The van der Waals surface area contributed by atoms with Gasteiger partial charge in [0.15, 0.2) is 28.8 Å². The quantitative estimate of drug-likeness (QED) is 0.265. The maximum absolute atomic E-state index is 12.7. The Hall–Kier alpha value is -3.26. The number of aromatic nitrogens is 1. The molecule has 0 amide bonds. The van der Waals surface area contributed by atoms with Crippen LogP contribution in [0.2, 0.25) is 0 Å². The summed E-state index contributed by atoms with van der Waals surface area (Å²) in [5.74, 6) is 2.07. The largest absolute Gasteiger partial charge is 0.493 e. The van der Waals surface area contributed by atoms with E-state index in [-0.39, 0.29) is 12.4 Å². The fraction of sp³-hybridized carbons (Fsp3) is 0.417. The maximum Gasteiger partial charge on any atom is 0.203 e. The molecule has 0 fully saturated rings. The van der Waals surface area contributed by atoms with E-state index in [1.807, 2.05) is 0 Å². The summed E-state index contributed by atoms with van der Waals surface area (Å²) in [6, 6.07) is 4.92. The lowest BCUT2D eigenvalue weighted by Crippen LogP contribution is -2.01. The van der Waals surface area contributed by atoms with Crippen molar-refractivity contribution in [1.82, 2.24) is 4.98 Å². The Bertz CT molecular complexity index is 886. The molecule has 1 heterocycles. The molecule has 0 atom stereocenters. The van der Waals surface area contributed by atoms with Gasteiger partial charge in [-0.05, 0) is 43.5 Å². The van der Waals surface area contributed by atoms with Crippen LogP contribution in [-0.4, -0.2) is 57.5 Å². The molecule has 0 saturated carbocycles. The highest BCUT2D eigenvalue weighted by atomic mass is 16.5. The Morgan fingerprint density at radius 2 is 1.53 bits per heavy atom. The highest BCUT2D eigenvalue weighted by Crippen LogP contribution is 2.38. The molecule has 1 aromatic heterocycles. The number of benzene rings is 1. The summed E-state index contributed by atoms with van der Waals surface area (Å²) in [6.07, 6.45) is 8.20. The van der Waals surface area contributed by atoms with Crippen molar-refractivity contribution in [3.8, 4) is 28.7 Å². The van der Waals surface area contributed by atoms with E-state index < -0.39 is 0 Å². The predicted molar refractivity (Wildman–Crippen MR) is 121 cm³/mol. The number of ketones is 1. The van der Waals surface area contributed by atoms with Crippen LogP contribution >= 0.6 is 0 Å². The van der Waals surface area contributed by atoms with Gasteiger partial charge in [-0.2, -0.15) is 0 Å². The lowest BCUT2D eigenvalue weighted by atomic mass is 10.1. The highest BCUT2D eigenvalue weighted by molar-refractivity contribution is 6.07. The zero-order valence-electron chi connectivity index (χ0n) is 19.1. The normalized spacial score (nSPS) is 10.8. The Morgan fingerprint density at radius 3 is 2.12 bits per heavy atom. The van der Waals surface area contributed by atoms with Gasteiger partial charge in [-0.1, -0.05) is 6.42 Å². The predicted octanol–water partition coefficient (Wildman–Crippen LogP) is 3.94. The number of hydrogen-bond donors (Lipinski definition) is 1. The molecule has 0 unspecified atom stereocenters. The first-order valence-corrected chi connectivity index (χ1v) is 10.4. The molecule has 0 bridgehead atoms. The summed E-state index contributed by atoms with van der Waals surface area (Å²) in [5, 5.41) is 8.83. The lowest BCUT2D eigenvalue weighted by Gasteiger charge is -2.13. The van der Waals surface area contributed by atoms with Crippen molar-refractivity contribution < 1.29 is 33.6 Å². The van der Waals surface area contributed by atoms with Crippen LogP contribution in [0.25, 0.3) is 6.08 Å². The number of ether oxygens (including phenoxy) is 5. The zero-order chi connectivity index (χ0) is 23.3. The monoisotopic (exact) mass is 445 g/mol. The minimum absolute atomic E-state index is 0.212. The van der Waals surface area contributed by atoms with E-state index in [4.69, 9.17) is 28.8 Å². The minimum Gasteiger partial charge on any atom is -0.493 e. The van der Waals surface area contributed by atoms with Gasteiger partial charge < -0.3 is 28.8 Å². The van der Waals surface area contributed by atoms with Crippen LogP contribution in [-0.2, 0) is 0 Å². The molecule has 8 nitrogen and oxygen atoms in total. The van der Waals surface area contributed by atoms with E-state index in [1.165, 1.54) is 27.4 Å². The topological polar surface area (TPSA) is 96.3 Å². The van der Waals surface area contributed by atoms with Crippen molar-refractivity contribution in [2.75, 3.05) is 41.7 Å². The number of unbranched alkanes of at least 4 members (excludes halogenated alkanes) is 3. The summed E-state index contributed by atoms with van der Waals surface area (Å²) >= 11 is 0. The number of aliphatic hydroxyl groups is 1. The number of methoxy groups -OCH3 is 4. The van der Waals surface area contributed by atoms with Gasteiger partial charge in [0.1, 0.15) is 0 Å². The number of rotatable bonds is 14. The first kappa shape index (κ1) is 25.0. The molecule has 0 aliphatic carbocycles. The summed E-state index contributed by atoms with van der Waals surface area (Å²) in [6.45, 7) is 0.739. The summed E-state index contributed by atoms with van der Waals surface area (Å²) in [4.78, 5) is 17.0. The number of carbonyl (C=O) groups excluding carboxylic acids is 1. The third kappa shape index (κ3) is 6.88. The molecule has 8 heteroatoms. The van der Waals surface area contributed by atoms with Gasteiger partial charge in [-0.25, -0.2) is 0 Å². The highest BCUT2D eigenvalue weighted by Gasteiger charge is 2.16. The van der Waals surface area contributed by atoms with E-state index >= 15 is 0 Å². The number of allylic oxidation sites excluding steroid dienone is 1. The lowest BCUT2D eigenvalue weighted by molar-refractivity contribution is 0.104. The molecule has 1 aromatic carbocycles. The molecule has 0 spiro atoms. The number of hydrogen-bond acceptors (Lipinski definition) is 8. The van der Waals surface area contributed by atoms with Crippen LogP contribution in [0.15, 0.2) is 30.5 Å². The third-order valence-electron chi connectivity index (χ3n) is 4.74. The average molecular weight is 446 g/mol. The Morgan fingerprint density at radius 1 is 0.875 bits per heavy atom. The molecule has 32 heavy (non-hydrogen) atoms. The molecule has 0 aliphatic heterocycles. The second-order valence-electron chi connectivity index (χ2n) is 6.86. The van der Waals surface area contributed by atoms with E-state index in [0.717, 1.165) is 25.7 Å². The molecule has 0 aliphatic rings. The van der Waals surface area contributed by atoms with Crippen LogP contribution in [0.4, 0.5) is 0 Å². The molecule has 0 radical (unpaired) electrons. The van der Waals surface area contributed by atoms with E-state index in [2.05, 4.69) is 4.98 Å². The average Bonchev–Trinajstić information content (AvgIpc) is 2.83. The van der Waals surface area contributed by atoms with Gasteiger partial charge in [0.25, 0.3) is 0 Å². The second kappa shape index (κ2) is 13.2. The van der Waals surface area contributed by atoms with Crippen LogP contribution in [0, 0.1) is 0 Å². The van der Waals surface area contributed by atoms with Gasteiger partial charge >= 0.3 is 0 Å². The molecule has 0 saturated heterocycles. The van der Waals surface area contributed by atoms with Crippen molar-refractivity contribution in [2.24, 2.45) is 0 Å². The number of nitrogens with zero attached hydrogens (tertiary/aromatic N) is 1. The van der Waals surface area contributed by atoms with Gasteiger partial charge in [0, 0.05) is 18.2 Å². The van der Waals surface area contributed by atoms with Gasteiger partial charge in [0.05, 0.1) is 46.9 Å². The molecule has 2 aromatic rings. The second-order valence-corrected chi connectivity index (χ2v) is 6.86. The van der Waals surface area contributed by atoms with Crippen LogP contribution < -0.4 is 23.7 Å². The summed E-state index contributed by atoms with van der Waals surface area (Å²) < 4.78 is 27.0. The molecule has 1 N–H and O–H groups in total. The first-order chi connectivity index (χ1) is 15.6.